The second-order valence-electron chi connectivity index (χ2n) is 5.91. The summed E-state index contributed by atoms with van der Waals surface area (Å²) in [6.45, 7) is 12.7. The Labute approximate surface area is 124 Å². The summed E-state index contributed by atoms with van der Waals surface area (Å²) in [6.07, 6.45) is 7.74. The van der Waals surface area contributed by atoms with Crippen LogP contribution in [0.25, 0.3) is 0 Å². The number of nitrogens with one attached hydrogen (secondary N) is 1. The van der Waals surface area contributed by atoms with Gasteiger partial charge in [-0.05, 0) is 18.8 Å². The monoisotopic (exact) mass is 282 g/mol. The van der Waals surface area contributed by atoms with E-state index in [-0.39, 0.29) is 0 Å². The van der Waals surface area contributed by atoms with Crippen LogP contribution < -0.4 is 5.32 Å². The minimum Gasteiger partial charge on any atom is -0.308 e. The average Bonchev–Trinajstić information content (AvgIpc) is 2.43. The van der Waals surface area contributed by atoms with E-state index < -0.39 is 0 Å². The molecule has 0 saturated carbocycles. The van der Waals surface area contributed by atoms with Gasteiger partial charge in [0.25, 0.3) is 0 Å². The maximum absolute atomic E-state index is 5.31. The van der Waals surface area contributed by atoms with Crippen molar-refractivity contribution in [3.8, 4) is 12.3 Å². The molecule has 0 radical (unpaired) electrons. The zero-order valence-corrected chi connectivity index (χ0v) is 13.9. The van der Waals surface area contributed by atoms with Crippen molar-refractivity contribution in [1.29, 1.82) is 0 Å². The molecule has 0 amide bonds. The van der Waals surface area contributed by atoms with Gasteiger partial charge in [0.15, 0.2) is 0 Å². The summed E-state index contributed by atoms with van der Waals surface area (Å²) in [5, 5.41) is 3.81. The summed E-state index contributed by atoms with van der Waals surface area (Å²) in [5.41, 5.74) is 0.322. The standard InChI is InChI=1S/C16H30N2S/c1-6-10-19-11-9-18-13-16(7-2,8-3)17-12-15(18)14(4)5/h1,14-15,17H,7-13H2,2-5H3. The summed E-state index contributed by atoms with van der Waals surface area (Å²) in [5.74, 6) is 5.40. The maximum atomic E-state index is 5.31. The van der Waals surface area contributed by atoms with Crippen LogP contribution in [0, 0.1) is 18.3 Å². The second kappa shape index (κ2) is 8.19. The molecule has 1 aliphatic heterocycles. The van der Waals surface area contributed by atoms with Gasteiger partial charge in [0, 0.05) is 37.0 Å². The van der Waals surface area contributed by atoms with Crippen molar-refractivity contribution in [1.82, 2.24) is 10.2 Å². The minimum absolute atomic E-state index is 0.322. The van der Waals surface area contributed by atoms with Gasteiger partial charge in [0.2, 0.25) is 0 Å². The third-order valence-corrected chi connectivity index (χ3v) is 5.33. The highest BCUT2D eigenvalue weighted by atomic mass is 32.2. The van der Waals surface area contributed by atoms with E-state index in [2.05, 4.69) is 43.8 Å². The number of piperazine rings is 1. The van der Waals surface area contributed by atoms with Crippen molar-refractivity contribution in [2.24, 2.45) is 5.92 Å². The average molecular weight is 282 g/mol. The number of hydrogen-bond donors (Lipinski definition) is 1. The van der Waals surface area contributed by atoms with E-state index in [1.54, 1.807) is 0 Å². The minimum atomic E-state index is 0.322. The zero-order valence-electron chi connectivity index (χ0n) is 13.0. The Morgan fingerprint density at radius 3 is 2.63 bits per heavy atom. The van der Waals surface area contributed by atoms with Gasteiger partial charge in [-0.25, -0.2) is 0 Å². The third-order valence-electron chi connectivity index (χ3n) is 4.49. The lowest BCUT2D eigenvalue weighted by Gasteiger charge is -2.49. The SMILES string of the molecule is C#CCSCCN1CC(CC)(CC)NCC1C(C)C. The van der Waals surface area contributed by atoms with Crippen LogP contribution in [-0.2, 0) is 0 Å². The number of nitrogens with zero attached hydrogens (tertiary/aromatic N) is 1. The smallest absolute Gasteiger partial charge is 0.0545 e. The van der Waals surface area contributed by atoms with Gasteiger partial charge in [-0.1, -0.05) is 33.6 Å². The molecule has 2 nitrogen and oxygen atoms in total. The van der Waals surface area contributed by atoms with Crippen LogP contribution in [0.5, 0.6) is 0 Å². The molecule has 1 aliphatic rings. The van der Waals surface area contributed by atoms with Gasteiger partial charge in [-0.2, -0.15) is 0 Å². The predicted octanol–water partition coefficient (Wildman–Crippen LogP) is 2.84. The molecule has 1 fully saturated rings. The molecule has 0 bridgehead atoms. The molecule has 1 rings (SSSR count). The fourth-order valence-corrected chi connectivity index (χ4v) is 3.58. The Morgan fingerprint density at radius 2 is 2.11 bits per heavy atom. The fraction of sp³-hybridized carbons (Fsp3) is 0.875. The fourth-order valence-electron chi connectivity index (χ4n) is 2.95. The van der Waals surface area contributed by atoms with Crippen molar-refractivity contribution in [2.45, 2.75) is 52.1 Å². The van der Waals surface area contributed by atoms with Crippen molar-refractivity contribution in [2.75, 3.05) is 31.1 Å². The van der Waals surface area contributed by atoms with Crippen LogP contribution in [0.2, 0.25) is 0 Å². The summed E-state index contributed by atoms with van der Waals surface area (Å²) in [7, 11) is 0. The molecule has 0 spiro atoms. The molecule has 19 heavy (non-hydrogen) atoms. The molecule has 3 heteroatoms. The molecular weight excluding hydrogens is 252 g/mol. The molecule has 1 unspecified atom stereocenters. The van der Waals surface area contributed by atoms with Crippen LogP contribution in [0.1, 0.15) is 40.5 Å². The zero-order chi connectivity index (χ0) is 14.3. The van der Waals surface area contributed by atoms with Crippen molar-refractivity contribution >= 4 is 11.8 Å². The molecule has 0 aromatic heterocycles. The molecule has 0 aliphatic carbocycles. The molecular formula is C16H30N2S. The number of rotatable bonds is 7. The number of terminal acetylenes is 1. The molecule has 110 valence electrons. The van der Waals surface area contributed by atoms with E-state index in [1.807, 2.05) is 11.8 Å². The Bertz CT molecular complexity index is 292. The lowest BCUT2D eigenvalue weighted by Crippen LogP contribution is -2.65. The highest BCUT2D eigenvalue weighted by molar-refractivity contribution is 7.99. The first-order chi connectivity index (χ1) is 9.08. The largest absolute Gasteiger partial charge is 0.308 e. The van der Waals surface area contributed by atoms with Gasteiger partial charge < -0.3 is 5.32 Å². The number of hydrogen-bond acceptors (Lipinski definition) is 3. The highest BCUT2D eigenvalue weighted by Gasteiger charge is 2.37. The van der Waals surface area contributed by atoms with Crippen LogP contribution in [0.4, 0.5) is 0 Å². The van der Waals surface area contributed by atoms with E-state index in [0.717, 1.165) is 18.1 Å². The third kappa shape index (κ3) is 4.70. The van der Waals surface area contributed by atoms with Crippen LogP contribution in [-0.4, -0.2) is 47.6 Å². The van der Waals surface area contributed by atoms with E-state index in [9.17, 15) is 0 Å². The number of thioether (sulfide) groups is 1. The first kappa shape index (κ1) is 16.9. The lowest BCUT2D eigenvalue weighted by atomic mass is 9.86. The maximum Gasteiger partial charge on any atom is 0.0545 e. The van der Waals surface area contributed by atoms with Gasteiger partial charge in [-0.3, -0.25) is 4.90 Å². The first-order valence-electron chi connectivity index (χ1n) is 7.58. The first-order valence-corrected chi connectivity index (χ1v) is 8.74. The summed E-state index contributed by atoms with van der Waals surface area (Å²) >= 11 is 1.88. The van der Waals surface area contributed by atoms with Crippen molar-refractivity contribution in [3.05, 3.63) is 0 Å². The normalized spacial score (nSPS) is 23.5. The molecule has 1 N–H and O–H groups in total. The summed E-state index contributed by atoms with van der Waals surface area (Å²) < 4.78 is 0. The summed E-state index contributed by atoms with van der Waals surface area (Å²) in [6, 6.07) is 0.665. The Kier molecular flexibility index (Phi) is 7.28. The van der Waals surface area contributed by atoms with Crippen molar-refractivity contribution < 1.29 is 0 Å². The lowest BCUT2D eigenvalue weighted by molar-refractivity contribution is 0.0559. The molecule has 0 aromatic rings. The van der Waals surface area contributed by atoms with Gasteiger partial charge in [0.05, 0.1) is 5.75 Å². The van der Waals surface area contributed by atoms with Crippen LogP contribution in [0.3, 0.4) is 0 Å². The molecule has 1 atom stereocenters. The van der Waals surface area contributed by atoms with E-state index in [0.29, 0.717) is 17.5 Å². The van der Waals surface area contributed by atoms with Gasteiger partial charge in [-0.15, -0.1) is 18.2 Å². The highest BCUT2D eigenvalue weighted by Crippen LogP contribution is 2.25. The van der Waals surface area contributed by atoms with E-state index in [4.69, 9.17) is 6.42 Å². The van der Waals surface area contributed by atoms with E-state index >= 15 is 0 Å². The predicted molar refractivity (Wildman–Crippen MR) is 87.7 cm³/mol. The molecule has 1 heterocycles. The quantitative estimate of drug-likeness (QED) is 0.571. The van der Waals surface area contributed by atoms with Crippen molar-refractivity contribution in [3.63, 3.8) is 0 Å². The molecule has 0 aromatic carbocycles. The Balaban J connectivity index is 2.60. The topological polar surface area (TPSA) is 15.3 Å². The molecule has 1 saturated heterocycles. The van der Waals surface area contributed by atoms with Gasteiger partial charge in [0.1, 0.15) is 0 Å². The van der Waals surface area contributed by atoms with E-state index in [1.165, 1.54) is 25.9 Å². The van der Waals surface area contributed by atoms with Crippen LogP contribution >= 0.6 is 11.8 Å². The Morgan fingerprint density at radius 1 is 1.42 bits per heavy atom. The second-order valence-corrected chi connectivity index (χ2v) is 7.01. The van der Waals surface area contributed by atoms with Crippen LogP contribution in [0.15, 0.2) is 0 Å². The Hall–Kier alpha value is -0.170. The van der Waals surface area contributed by atoms with Gasteiger partial charge >= 0.3 is 0 Å². The summed E-state index contributed by atoms with van der Waals surface area (Å²) in [4.78, 5) is 2.69.